The van der Waals surface area contributed by atoms with Crippen LogP contribution in [0.1, 0.15) is 18.4 Å². The summed E-state index contributed by atoms with van der Waals surface area (Å²) in [5.74, 6) is 0.445. The molecule has 0 aromatic heterocycles. The van der Waals surface area contributed by atoms with Crippen molar-refractivity contribution in [3.63, 3.8) is 0 Å². The van der Waals surface area contributed by atoms with E-state index in [0.29, 0.717) is 37.0 Å². The van der Waals surface area contributed by atoms with E-state index in [4.69, 9.17) is 9.84 Å². The van der Waals surface area contributed by atoms with Crippen LogP contribution in [0.25, 0.3) is 0 Å². The van der Waals surface area contributed by atoms with Gasteiger partial charge in [-0.1, -0.05) is 18.2 Å². The van der Waals surface area contributed by atoms with E-state index in [1.54, 1.807) is 6.07 Å². The molecule has 3 N–H and O–H groups in total. The number of carboxylic acid groups (broad SMARTS) is 1. The molecule has 2 fully saturated rings. The number of hydrogen-bond acceptors (Lipinski definition) is 5. The average Bonchev–Trinajstić information content (AvgIpc) is 2.88. The Balaban J connectivity index is 1.63. The van der Waals surface area contributed by atoms with Gasteiger partial charge in [-0.25, -0.2) is 4.79 Å². The van der Waals surface area contributed by atoms with Gasteiger partial charge in [-0.2, -0.15) is 0 Å². The lowest BCUT2D eigenvalue weighted by Gasteiger charge is -2.32. The molecular formula is C17H23NO5. The number of aliphatic carboxylic acids is 1. The van der Waals surface area contributed by atoms with Gasteiger partial charge < -0.3 is 20.1 Å². The highest BCUT2D eigenvalue weighted by molar-refractivity contribution is 5.68. The number of hydrogen-bond donors (Lipinski definition) is 3. The fraction of sp³-hybridized carbons (Fsp3) is 0.588. The number of para-hydroxylation sites is 1. The van der Waals surface area contributed by atoms with E-state index in [-0.39, 0.29) is 6.61 Å². The first kappa shape index (κ1) is 16.2. The van der Waals surface area contributed by atoms with Crippen LogP contribution >= 0.6 is 0 Å². The zero-order chi connectivity index (χ0) is 16.4. The molecule has 6 nitrogen and oxygen atoms in total. The van der Waals surface area contributed by atoms with Crippen LogP contribution in [-0.4, -0.2) is 58.1 Å². The second-order valence-corrected chi connectivity index (χ2v) is 6.61. The fourth-order valence-corrected chi connectivity index (χ4v) is 3.79. The second kappa shape index (κ2) is 6.86. The standard InChI is InChI=1S/C17H23NO5/c19-14-5-12-8-18(9-13(12)6-15(14)20)7-11-3-1-2-4-16(11)23-10-17(21)22/h1-4,12-15,19-20H,5-10H2,(H,21,22)/t12-,13+,14+,15-. The summed E-state index contributed by atoms with van der Waals surface area (Å²) in [7, 11) is 0. The van der Waals surface area contributed by atoms with E-state index in [2.05, 4.69) is 4.90 Å². The van der Waals surface area contributed by atoms with Gasteiger partial charge in [0.05, 0.1) is 12.2 Å². The second-order valence-electron chi connectivity index (χ2n) is 6.61. The third-order valence-electron chi connectivity index (χ3n) is 4.90. The van der Waals surface area contributed by atoms with E-state index < -0.39 is 18.2 Å². The lowest BCUT2D eigenvalue weighted by molar-refractivity contribution is -0.139. The van der Waals surface area contributed by atoms with Gasteiger partial charge >= 0.3 is 5.97 Å². The van der Waals surface area contributed by atoms with Crippen molar-refractivity contribution in [1.82, 2.24) is 4.90 Å². The van der Waals surface area contributed by atoms with E-state index in [1.807, 2.05) is 18.2 Å². The Morgan fingerprint density at radius 1 is 1.13 bits per heavy atom. The smallest absolute Gasteiger partial charge is 0.341 e. The zero-order valence-corrected chi connectivity index (χ0v) is 13.0. The van der Waals surface area contributed by atoms with Crippen molar-refractivity contribution in [3.05, 3.63) is 29.8 Å². The highest BCUT2D eigenvalue weighted by atomic mass is 16.5. The molecule has 1 heterocycles. The van der Waals surface area contributed by atoms with Crippen molar-refractivity contribution >= 4 is 5.97 Å². The van der Waals surface area contributed by atoms with E-state index in [1.165, 1.54) is 0 Å². The van der Waals surface area contributed by atoms with Crippen LogP contribution in [-0.2, 0) is 11.3 Å². The summed E-state index contributed by atoms with van der Waals surface area (Å²) in [6, 6.07) is 7.48. The number of carboxylic acids is 1. The summed E-state index contributed by atoms with van der Waals surface area (Å²) in [6.07, 6.45) is 0.0867. The first-order valence-electron chi connectivity index (χ1n) is 8.04. The number of rotatable bonds is 5. The SMILES string of the molecule is O=C(O)COc1ccccc1CN1C[C@H]2C[C@H](O)[C@H](O)C[C@H]2C1. The van der Waals surface area contributed by atoms with Crippen molar-refractivity contribution < 1.29 is 24.9 Å². The number of fused-ring (bicyclic) bond motifs is 1. The van der Waals surface area contributed by atoms with Gasteiger partial charge in [0.15, 0.2) is 6.61 Å². The number of ether oxygens (including phenoxy) is 1. The largest absolute Gasteiger partial charge is 0.482 e. The molecule has 1 saturated carbocycles. The van der Waals surface area contributed by atoms with Crippen LogP contribution in [0.4, 0.5) is 0 Å². The molecule has 1 saturated heterocycles. The number of benzene rings is 1. The topological polar surface area (TPSA) is 90.2 Å². The van der Waals surface area contributed by atoms with Gasteiger partial charge in [-0.05, 0) is 30.7 Å². The van der Waals surface area contributed by atoms with Gasteiger partial charge in [0.1, 0.15) is 5.75 Å². The summed E-state index contributed by atoms with van der Waals surface area (Å²) in [6.45, 7) is 2.12. The minimum absolute atomic E-state index is 0.347. The molecule has 126 valence electrons. The van der Waals surface area contributed by atoms with E-state index in [0.717, 1.165) is 18.7 Å². The molecule has 1 aliphatic carbocycles. The number of aliphatic hydroxyl groups is 2. The molecule has 1 aromatic rings. The molecule has 4 atom stereocenters. The molecule has 2 aliphatic rings. The van der Waals surface area contributed by atoms with Gasteiger partial charge in [0.2, 0.25) is 0 Å². The normalized spacial score (nSPS) is 30.9. The summed E-state index contributed by atoms with van der Waals surface area (Å²) in [5, 5.41) is 28.4. The number of carbonyl (C=O) groups is 1. The van der Waals surface area contributed by atoms with Crippen molar-refractivity contribution in [2.24, 2.45) is 11.8 Å². The third kappa shape index (κ3) is 3.83. The van der Waals surface area contributed by atoms with Gasteiger partial charge in [0.25, 0.3) is 0 Å². The van der Waals surface area contributed by atoms with Crippen molar-refractivity contribution in [3.8, 4) is 5.75 Å². The Bertz CT molecular complexity index is 546. The lowest BCUT2D eigenvalue weighted by Crippen LogP contribution is -2.38. The maximum Gasteiger partial charge on any atom is 0.341 e. The molecule has 0 radical (unpaired) electrons. The number of likely N-dealkylation sites (tertiary alicyclic amines) is 1. The van der Waals surface area contributed by atoms with Gasteiger partial charge in [0, 0.05) is 25.2 Å². The van der Waals surface area contributed by atoms with Crippen LogP contribution in [0.2, 0.25) is 0 Å². The molecule has 1 aliphatic heterocycles. The Kier molecular flexibility index (Phi) is 4.84. The molecular weight excluding hydrogens is 298 g/mol. The zero-order valence-electron chi connectivity index (χ0n) is 13.0. The molecule has 0 amide bonds. The fourth-order valence-electron chi connectivity index (χ4n) is 3.79. The minimum Gasteiger partial charge on any atom is -0.482 e. The summed E-state index contributed by atoms with van der Waals surface area (Å²) < 4.78 is 5.36. The quantitative estimate of drug-likeness (QED) is 0.740. The van der Waals surface area contributed by atoms with Crippen LogP contribution in [0, 0.1) is 11.8 Å². The molecule has 0 unspecified atom stereocenters. The van der Waals surface area contributed by atoms with Crippen molar-refractivity contribution in [2.45, 2.75) is 31.6 Å². The average molecular weight is 321 g/mol. The molecule has 23 heavy (non-hydrogen) atoms. The molecule has 0 bridgehead atoms. The number of aliphatic hydroxyl groups excluding tert-OH is 2. The van der Waals surface area contributed by atoms with Crippen LogP contribution in [0.5, 0.6) is 5.75 Å². The predicted molar refractivity (Wildman–Crippen MR) is 83.1 cm³/mol. The Hall–Kier alpha value is -1.63. The van der Waals surface area contributed by atoms with E-state index in [9.17, 15) is 15.0 Å². The van der Waals surface area contributed by atoms with Crippen molar-refractivity contribution in [2.75, 3.05) is 19.7 Å². The highest BCUT2D eigenvalue weighted by Crippen LogP contribution is 2.37. The molecule has 0 spiro atoms. The molecule has 3 rings (SSSR count). The Morgan fingerprint density at radius 3 is 2.35 bits per heavy atom. The Morgan fingerprint density at radius 2 is 1.74 bits per heavy atom. The monoisotopic (exact) mass is 321 g/mol. The summed E-state index contributed by atoms with van der Waals surface area (Å²) in [5.41, 5.74) is 0.966. The minimum atomic E-state index is -0.991. The number of nitrogens with zero attached hydrogens (tertiary/aromatic N) is 1. The van der Waals surface area contributed by atoms with Crippen LogP contribution in [0.15, 0.2) is 24.3 Å². The highest BCUT2D eigenvalue weighted by Gasteiger charge is 2.41. The van der Waals surface area contributed by atoms with Gasteiger partial charge in [-0.15, -0.1) is 0 Å². The Labute approximate surface area is 135 Å². The summed E-state index contributed by atoms with van der Waals surface area (Å²) >= 11 is 0. The third-order valence-corrected chi connectivity index (χ3v) is 4.90. The van der Waals surface area contributed by atoms with Crippen LogP contribution in [0.3, 0.4) is 0 Å². The maximum absolute atomic E-state index is 10.7. The predicted octanol–water partition coefficient (Wildman–Crippen LogP) is 0.714. The lowest BCUT2D eigenvalue weighted by atomic mass is 9.79. The summed E-state index contributed by atoms with van der Waals surface area (Å²) in [4.78, 5) is 13.0. The maximum atomic E-state index is 10.7. The first-order valence-corrected chi connectivity index (χ1v) is 8.04. The van der Waals surface area contributed by atoms with Crippen molar-refractivity contribution in [1.29, 1.82) is 0 Å². The molecule has 1 aromatic carbocycles. The van der Waals surface area contributed by atoms with E-state index >= 15 is 0 Å². The van der Waals surface area contributed by atoms with Gasteiger partial charge in [-0.3, -0.25) is 4.90 Å². The first-order chi connectivity index (χ1) is 11.0. The molecule has 6 heteroatoms. The van der Waals surface area contributed by atoms with Crippen LogP contribution < -0.4 is 4.74 Å².